The maximum absolute atomic E-state index is 6.80. The molecule has 0 aromatic heterocycles. The fourth-order valence-electron chi connectivity index (χ4n) is 4.02. The zero-order valence-corrected chi connectivity index (χ0v) is 18.2. The Morgan fingerprint density at radius 3 is 2.10 bits per heavy atom. The lowest BCUT2D eigenvalue weighted by atomic mass is 9.78. The molecule has 0 amide bonds. The normalized spacial score (nSPS) is 17.1. The Hall–Kier alpha value is -3.24. The number of unbranched alkanes of at least 4 members (excludes halogenated alkanes) is 1. The van der Waals surface area contributed by atoms with E-state index in [1.807, 2.05) is 54.6 Å². The molecule has 4 nitrogen and oxygen atoms in total. The van der Waals surface area contributed by atoms with E-state index in [-0.39, 0.29) is 0 Å². The highest BCUT2D eigenvalue weighted by atomic mass is 16.7. The molecular weight excluding hydrogens is 388 g/mol. The van der Waals surface area contributed by atoms with E-state index in [1.54, 1.807) is 14.2 Å². The molecule has 1 aliphatic heterocycles. The summed E-state index contributed by atoms with van der Waals surface area (Å²) in [6.07, 6.45) is 5.53. The molecule has 0 spiro atoms. The summed E-state index contributed by atoms with van der Waals surface area (Å²) < 4.78 is 24.4. The van der Waals surface area contributed by atoms with Gasteiger partial charge in [-0.25, -0.2) is 0 Å². The molecule has 1 aliphatic rings. The summed E-state index contributed by atoms with van der Waals surface area (Å²) in [4.78, 5) is 0. The molecular formula is C27H28O4. The summed E-state index contributed by atoms with van der Waals surface area (Å²) in [7, 11) is 3.29. The minimum absolute atomic E-state index is 0.568. The molecule has 3 aromatic rings. The fraction of sp³-hybridized carbons (Fsp3) is 0.259. The average molecular weight is 417 g/mol. The van der Waals surface area contributed by atoms with Gasteiger partial charge in [-0.1, -0.05) is 80.1 Å². The molecule has 4 heteroatoms. The molecule has 3 aromatic carbocycles. The van der Waals surface area contributed by atoms with Crippen molar-refractivity contribution in [1.29, 1.82) is 0 Å². The summed E-state index contributed by atoms with van der Waals surface area (Å²) in [5.74, 6) is 1.95. The monoisotopic (exact) mass is 416 g/mol. The van der Waals surface area contributed by atoms with Gasteiger partial charge in [0.2, 0.25) is 6.29 Å². The summed E-state index contributed by atoms with van der Waals surface area (Å²) in [6, 6.07) is 24.3. The van der Waals surface area contributed by atoms with E-state index in [0.717, 1.165) is 29.5 Å². The number of hydrogen-bond donors (Lipinski definition) is 0. The van der Waals surface area contributed by atoms with E-state index in [2.05, 4.69) is 37.3 Å². The first-order valence-electron chi connectivity index (χ1n) is 10.6. The highest BCUT2D eigenvalue weighted by Gasteiger charge is 2.47. The second-order valence-corrected chi connectivity index (χ2v) is 7.44. The van der Waals surface area contributed by atoms with Gasteiger partial charge in [0.25, 0.3) is 0 Å². The van der Waals surface area contributed by atoms with Crippen molar-refractivity contribution in [3.63, 3.8) is 0 Å². The van der Waals surface area contributed by atoms with Crippen LogP contribution in [0, 0.1) is 0 Å². The zero-order valence-electron chi connectivity index (χ0n) is 18.2. The van der Waals surface area contributed by atoms with Crippen molar-refractivity contribution in [1.82, 2.24) is 0 Å². The lowest BCUT2D eigenvalue weighted by Gasteiger charge is -2.43. The van der Waals surface area contributed by atoms with Crippen LogP contribution in [0.2, 0.25) is 0 Å². The van der Waals surface area contributed by atoms with Gasteiger partial charge >= 0.3 is 0 Å². The molecule has 1 atom stereocenters. The van der Waals surface area contributed by atoms with Crippen molar-refractivity contribution in [2.24, 2.45) is 0 Å². The number of methoxy groups -OCH3 is 2. The van der Waals surface area contributed by atoms with Crippen LogP contribution in [-0.4, -0.2) is 20.5 Å². The molecule has 0 radical (unpaired) electrons. The summed E-state index contributed by atoms with van der Waals surface area (Å²) in [5, 5.41) is 0. The van der Waals surface area contributed by atoms with Crippen LogP contribution in [0.4, 0.5) is 0 Å². The van der Waals surface area contributed by atoms with Crippen molar-refractivity contribution in [2.75, 3.05) is 14.2 Å². The highest BCUT2D eigenvalue weighted by Crippen LogP contribution is 2.52. The molecule has 4 rings (SSSR count). The van der Waals surface area contributed by atoms with E-state index >= 15 is 0 Å². The van der Waals surface area contributed by atoms with Gasteiger partial charge in [-0.05, 0) is 29.7 Å². The molecule has 31 heavy (non-hydrogen) atoms. The summed E-state index contributed by atoms with van der Waals surface area (Å²) in [5.41, 5.74) is 1.98. The van der Waals surface area contributed by atoms with Crippen LogP contribution >= 0.6 is 0 Å². The van der Waals surface area contributed by atoms with Crippen LogP contribution in [-0.2, 0) is 10.3 Å². The standard InChI is InChI=1S/C27H28O4/c1-4-5-8-17-25-30-26-23(18-22(28-2)19-24(26)29-3)27(31-25,20-13-9-6-10-14-20)21-15-11-7-12-16-21/h6-19,25H,4-5H2,1-3H3/b17-8+. The molecule has 0 saturated carbocycles. The number of hydrogen-bond acceptors (Lipinski definition) is 4. The Kier molecular flexibility index (Phi) is 6.28. The number of allylic oxidation sites excluding steroid dienone is 1. The third kappa shape index (κ3) is 3.91. The maximum Gasteiger partial charge on any atom is 0.221 e. The quantitative estimate of drug-likeness (QED) is 0.437. The van der Waals surface area contributed by atoms with E-state index in [4.69, 9.17) is 18.9 Å². The van der Waals surface area contributed by atoms with Crippen molar-refractivity contribution in [3.8, 4) is 17.2 Å². The largest absolute Gasteiger partial charge is 0.497 e. The summed E-state index contributed by atoms with van der Waals surface area (Å²) >= 11 is 0. The van der Waals surface area contributed by atoms with E-state index in [0.29, 0.717) is 17.2 Å². The topological polar surface area (TPSA) is 36.9 Å². The number of ether oxygens (including phenoxy) is 4. The Labute approximate surface area is 184 Å². The van der Waals surface area contributed by atoms with Gasteiger partial charge in [0.05, 0.1) is 14.2 Å². The van der Waals surface area contributed by atoms with Gasteiger partial charge in [0, 0.05) is 11.6 Å². The van der Waals surface area contributed by atoms with E-state index in [1.165, 1.54) is 0 Å². The molecule has 0 saturated heterocycles. The third-order valence-electron chi connectivity index (χ3n) is 5.50. The first-order valence-corrected chi connectivity index (χ1v) is 10.6. The van der Waals surface area contributed by atoms with Crippen molar-refractivity contribution in [2.45, 2.75) is 31.7 Å². The molecule has 1 unspecified atom stereocenters. The molecule has 0 bridgehead atoms. The smallest absolute Gasteiger partial charge is 0.221 e. The molecule has 0 fully saturated rings. The lowest BCUT2D eigenvalue weighted by Crippen LogP contribution is -2.42. The Balaban J connectivity index is 2.02. The average Bonchev–Trinajstić information content (AvgIpc) is 2.84. The van der Waals surface area contributed by atoms with E-state index in [9.17, 15) is 0 Å². The first kappa shape index (κ1) is 21.0. The maximum atomic E-state index is 6.80. The highest BCUT2D eigenvalue weighted by molar-refractivity contribution is 5.61. The number of rotatable bonds is 7. The third-order valence-corrected chi connectivity index (χ3v) is 5.50. The van der Waals surface area contributed by atoms with Crippen LogP contribution in [0.5, 0.6) is 17.2 Å². The Morgan fingerprint density at radius 1 is 0.903 bits per heavy atom. The lowest BCUT2D eigenvalue weighted by molar-refractivity contribution is -0.137. The van der Waals surface area contributed by atoms with E-state index < -0.39 is 11.9 Å². The second kappa shape index (κ2) is 9.27. The van der Waals surface area contributed by atoms with Gasteiger partial charge in [-0.3, -0.25) is 0 Å². The SMILES string of the molecule is CCC/C=C/C1Oc2c(OC)cc(OC)cc2C(c2ccccc2)(c2ccccc2)O1. The van der Waals surface area contributed by atoms with Crippen LogP contribution in [0.3, 0.4) is 0 Å². The van der Waals surface area contributed by atoms with Gasteiger partial charge in [-0.15, -0.1) is 0 Å². The van der Waals surface area contributed by atoms with Crippen molar-refractivity contribution < 1.29 is 18.9 Å². The predicted octanol–water partition coefficient (Wildman–Crippen LogP) is 6.09. The van der Waals surface area contributed by atoms with Gasteiger partial charge < -0.3 is 18.9 Å². The van der Waals surface area contributed by atoms with Gasteiger partial charge in [0.15, 0.2) is 17.1 Å². The molecule has 0 N–H and O–H groups in total. The van der Waals surface area contributed by atoms with Crippen LogP contribution in [0.25, 0.3) is 0 Å². The zero-order chi connectivity index (χ0) is 21.7. The molecule has 160 valence electrons. The minimum Gasteiger partial charge on any atom is -0.497 e. The molecule has 1 heterocycles. The number of benzene rings is 3. The van der Waals surface area contributed by atoms with Crippen molar-refractivity contribution >= 4 is 0 Å². The van der Waals surface area contributed by atoms with Gasteiger partial charge in [0.1, 0.15) is 5.75 Å². The molecule has 0 aliphatic carbocycles. The summed E-state index contributed by atoms with van der Waals surface area (Å²) in [6.45, 7) is 2.15. The second-order valence-electron chi connectivity index (χ2n) is 7.44. The number of fused-ring (bicyclic) bond motifs is 1. The van der Waals surface area contributed by atoms with Crippen LogP contribution < -0.4 is 14.2 Å². The minimum atomic E-state index is -0.890. The predicted molar refractivity (Wildman–Crippen MR) is 122 cm³/mol. The van der Waals surface area contributed by atoms with Crippen LogP contribution in [0.1, 0.15) is 36.5 Å². The fourth-order valence-corrected chi connectivity index (χ4v) is 4.02. The Bertz CT molecular complexity index is 988. The first-order chi connectivity index (χ1) is 15.2. The van der Waals surface area contributed by atoms with Gasteiger partial charge in [-0.2, -0.15) is 0 Å². The van der Waals surface area contributed by atoms with Crippen LogP contribution in [0.15, 0.2) is 84.9 Å². The Morgan fingerprint density at radius 2 is 1.55 bits per heavy atom. The van der Waals surface area contributed by atoms with Crippen molar-refractivity contribution in [3.05, 3.63) is 102 Å².